The smallest absolute Gasteiger partial charge is 0.393 e. The van der Waals surface area contributed by atoms with Crippen molar-refractivity contribution in [2.45, 2.75) is 68.4 Å². The molecule has 2 N–H and O–H groups in total. The highest BCUT2D eigenvalue weighted by Gasteiger charge is 2.40. The number of nitrogens with one attached hydrogen (secondary N) is 1. The van der Waals surface area contributed by atoms with Crippen molar-refractivity contribution < 1.29 is 36.2 Å². The summed E-state index contributed by atoms with van der Waals surface area (Å²) < 4.78 is 86.0. The fraction of sp³-hybridized carbons (Fsp3) is 0.556. The fourth-order valence-corrected chi connectivity index (χ4v) is 5.02. The van der Waals surface area contributed by atoms with Gasteiger partial charge in [-0.25, -0.2) is 0 Å². The summed E-state index contributed by atoms with van der Waals surface area (Å²) in [7, 11) is 0. The van der Waals surface area contributed by atoms with Crippen LogP contribution >= 0.6 is 0 Å². The van der Waals surface area contributed by atoms with Crippen molar-refractivity contribution in [2.24, 2.45) is 5.92 Å². The Labute approximate surface area is 206 Å². The number of ether oxygens (including phenoxy) is 1. The third-order valence-corrected chi connectivity index (χ3v) is 7.43. The third-order valence-electron chi connectivity index (χ3n) is 7.43. The lowest BCUT2D eigenvalue weighted by Gasteiger charge is -2.41. The molecule has 198 valence electrons. The Kier molecular flexibility index (Phi) is 8.02. The van der Waals surface area contributed by atoms with E-state index in [1.807, 2.05) is 30.3 Å². The minimum Gasteiger partial charge on any atom is -0.393 e. The first-order valence-electron chi connectivity index (χ1n) is 12.3. The molecule has 4 rings (SSSR count). The molecular weight excluding hydrogens is 484 g/mol. The van der Waals surface area contributed by atoms with Gasteiger partial charge in [-0.15, -0.1) is 0 Å². The number of halogens is 6. The summed E-state index contributed by atoms with van der Waals surface area (Å²) in [6.07, 6.45) is -5.44. The van der Waals surface area contributed by atoms with E-state index in [1.54, 1.807) is 0 Å². The maximum absolute atomic E-state index is 13.3. The van der Waals surface area contributed by atoms with Crippen molar-refractivity contribution in [3.63, 3.8) is 0 Å². The van der Waals surface area contributed by atoms with E-state index in [2.05, 4.69) is 5.32 Å². The topological polar surface area (TPSA) is 41.5 Å². The fourth-order valence-electron chi connectivity index (χ4n) is 5.02. The summed E-state index contributed by atoms with van der Waals surface area (Å²) in [6, 6.07) is 11.4. The number of hydrogen-bond donors (Lipinski definition) is 2. The van der Waals surface area contributed by atoms with Gasteiger partial charge in [0.2, 0.25) is 0 Å². The second kappa shape index (κ2) is 10.7. The minimum absolute atomic E-state index is 0.0786. The van der Waals surface area contributed by atoms with Crippen LogP contribution in [0.15, 0.2) is 48.5 Å². The van der Waals surface area contributed by atoms with Crippen LogP contribution in [0, 0.1) is 5.92 Å². The molecule has 1 atom stereocenters. The molecule has 0 aliphatic heterocycles. The molecule has 0 radical (unpaired) electrons. The molecule has 36 heavy (non-hydrogen) atoms. The average molecular weight is 516 g/mol. The van der Waals surface area contributed by atoms with Gasteiger partial charge >= 0.3 is 12.4 Å². The molecule has 2 aromatic carbocycles. The van der Waals surface area contributed by atoms with Gasteiger partial charge in [0.05, 0.1) is 24.3 Å². The van der Waals surface area contributed by atoms with Crippen LogP contribution in [-0.4, -0.2) is 30.9 Å². The normalized spacial score (nSPS) is 24.0. The third kappa shape index (κ3) is 6.61. The van der Waals surface area contributed by atoms with E-state index in [-0.39, 0.29) is 18.2 Å². The van der Waals surface area contributed by atoms with E-state index in [0.29, 0.717) is 18.2 Å². The van der Waals surface area contributed by atoms with E-state index >= 15 is 0 Å². The zero-order valence-electron chi connectivity index (χ0n) is 19.8. The van der Waals surface area contributed by atoms with E-state index in [1.165, 1.54) is 12.8 Å². The number of alkyl halides is 6. The molecule has 0 heterocycles. The van der Waals surface area contributed by atoms with Crippen molar-refractivity contribution in [1.29, 1.82) is 0 Å². The summed E-state index contributed by atoms with van der Waals surface area (Å²) in [5, 5.41) is 13.5. The lowest BCUT2D eigenvalue weighted by molar-refractivity contribution is -0.143. The lowest BCUT2D eigenvalue weighted by atomic mass is 9.68. The Bertz CT molecular complexity index is 963. The van der Waals surface area contributed by atoms with Crippen LogP contribution in [0.2, 0.25) is 0 Å². The largest absolute Gasteiger partial charge is 0.416 e. The Morgan fingerprint density at radius 3 is 1.97 bits per heavy atom. The molecule has 2 fully saturated rings. The van der Waals surface area contributed by atoms with Gasteiger partial charge in [-0.1, -0.05) is 30.3 Å². The summed E-state index contributed by atoms with van der Waals surface area (Å²) >= 11 is 0. The SMILES string of the molecule is OCC(OCC1(c2ccccc2)CCC(NCC2CC2)CC1)c1cc(C(F)(F)F)cc(C(F)(F)F)c1. The van der Waals surface area contributed by atoms with Crippen molar-refractivity contribution in [2.75, 3.05) is 19.8 Å². The number of rotatable bonds is 9. The highest BCUT2D eigenvalue weighted by atomic mass is 19.4. The molecule has 9 heteroatoms. The first kappa shape index (κ1) is 26.9. The zero-order valence-corrected chi connectivity index (χ0v) is 19.8. The quantitative estimate of drug-likeness (QED) is 0.367. The minimum atomic E-state index is -4.97. The van der Waals surface area contributed by atoms with E-state index in [0.717, 1.165) is 43.7 Å². The summed E-state index contributed by atoms with van der Waals surface area (Å²) in [6.45, 7) is 0.341. The van der Waals surface area contributed by atoms with E-state index < -0.39 is 41.6 Å². The molecule has 0 aromatic heterocycles. The highest BCUT2D eigenvalue weighted by Crippen LogP contribution is 2.42. The monoisotopic (exact) mass is 515 g/mol. The number of aliphatic hydroxyl groups is 1. The van der Waals surface area contributed by atoms with Crippen LogP contribution in [0.1, 0.15) is 66.9 Å². The maximum Gasteiger partial charge on any atom is 0.416 e. The standard InChI is InChI=1S/C27H31F6NO2/c28-26(29,30)21-12-19(13-22(14-21)27(31,32)33)24(16-35)36-17-25(20-4-2-1-3-5-20)10-8-23(9-11-25)34-15-18-6-7-18/h1-5,12-14,18,23-24,34-35H,6-11,15-17H2. The predicted octanol–water partition coefficient (Wildman–Crippen LogP) is 6.65. The molecule has 2 aliphatic rings. The zero-order chi connectivity index (χ0) is 26.0. The molecule has 0 spiro atoms. The van der Waals surface area contributed by atoms with Crippen LogP contribution in [-0.2, 0) is 22.5 Å². The molecule has 0 bridgehead atoms. The van der Waals surface area contributed by atoms with Gasteiger partial charge in [0, 0.05) is 11.5 Å². The van der Waals surface area contributed by atoms with Crippen molar-refractivity contribution in [3.8, 4) is 0 Å². The molecule has 2 aliphatic carbocycles. The van der Waals surface area contributed by atoms with Gasteiger partial charge in [0.1, 0.15) is 6.10 Å². The molecule has 3 nitrogen and oxygen atoms in total. The molecule has 0 amide bonds. The van der Waals surface area contributed by atoms with E-state index in [9.17, 15) is 31.4 Å². The summed E-state index contributed by atoms with van der Waals surface area (Å²) in [5.41, 5.74) is -2.62. The number of hydrogen-bond acceptors (Lipinski definition) is 3. The maximum atomic E-state index is 13.3. The van der Waals surface area contributed by atoms with Gasteiger partial charge < -0.3 is 15.2 Å². The van der Waals surface area contributed by atoms with E-state index in [4.69, 9.17) is 4.74 Å². The van der Waals surface area contributed by atoms with Crippen molar-refractivity contribution >= 4 is 0 Å². The van der Waals surface area contributed by atoms with Crippen LogP contribution in [0.5, 0.6) is 0 Å². The molecule has 0 saturated heterocycles. The first-order valence-corrected chi connectivity index (χ1v) is 12.3. The molecule has 1 unspecified atom stereocenters. The number of aliphatic hydroxyl groups excluding tert-OH is 1. The van der Waals surface area contributed by atoms with Gasteiger partial charge in [-0.3, -0.25) is 0 Å². The average Bonchev–Trinajstić information content (AvgIpc) is 3.68. The van der Waals surface area contributed by atoms with Crippen molar-refractivity contribution in [1.82, 2.24) is 5.32 Å². The van der Waals surface area contributed by atoms with Gasteiger partial charge in [0.15, 0.2) is 0 Å². The van der Waals surface area contributed by atoms with Gasteiger partial charge in [-0.05, 0) is 80.3 Å². The Balaban J connectivity index is 1.54. The summed E-state index contributed by atoms with van der Waals surface area (Å²) in [4.78, 5) is 0. The van der Waals surface area contributed by atoms with Crippen LogP contribution in [0.4, 0.5) is 26.3 Å². The molecule has 2 aromatic rings. The van der Waals surface area contributed by atoms with Crippen LogP contribution in [0.3, 0.4) is 0 Å². The van der Waals surface area contributed by atoms with Gasteiger partial charge in [0.25, 0.3) is 0 Å². The van der Waals surface area contributed by atoms with Gasteiger partial charge in [-0.2, -0.15) is 26.3 Å². The Morgan fingerprint density at radius 1 is 0.889 bits per heavy atom. The first-order chi connectivity index (χ1) is 17.0. The Morgan fingerprint density at radius 2 is 1.47 bits per heavy atom. The van der Waals surface area contributed by atoms with Crippen LogP contribution in [0.25, 0.3) is 0 Å². The molecular formula is C27H31F6NO2. The Hall–Kier alpha value is -2.10. The highest BCUT2D eigenvalue weighted by molar-refractivity contribution is 5.35. The molecule has 2 saturated carbocycles. The second-order valence-electron chi connectivity index (χ2n) is 10.1. The van der Waals surface area contributed by atoms with Crippen molar-refractivity contribution in [3.05, 3.63) is 70.8 Å². The number of benzene rings is 2. The van der Waals surface area contributed by atoms with Crippen LogP contribution < -0.4 is 5.32 Å². The predicted molar refractivity (Wildman–Crippen MR) is 123 cm³/mol. The summed E-state index contributed by atoms with van der Waals surface area (Å²) in [5.74, 6) is 0.758. The lowest BCUT2D eigenvalue weighted by Crippen LogP contribution is -2.43. The second-order valence-corrected chi connectivity index (χ2v) is 10.1.